The minimum atomic E-state index is 0. The summed E-state index contributed by atoms with van der Waals surface area (Å²) in [5.74, 6) is 3.06. The van der Waals surface area contributed by atoms with Gasteiger partial charge in [0.1, 0.15) is 5.82 Å². The summed E-state index contributed by atoms with van der Waals surface area (Å²) in [5.41, 5.74) is 1.08. The van der Waals surface area contributed by atoms with E-state index >= 15 is 0 Å². The number of hydrogen-bond acceptors (Lipinski definition) is 5. The number of hydrogen-bond donors (Lipinski definition) is 2. The first-order valence-corrected chi connectivity index (χ1v) is 11.1. The van der Waals surface area contributed by atoms with Gasteiger partial charge in [-0.15, -0.1) is 24.0 Å². The summed E-state index contributed by atoms with van der Waals surface area (Å²) < 4.78 is 5.78. The van der Waals surface area contributed by atoms with Crippen molar-refractivity contribution in [2.75, 3.05) is 31.1 Å². The molecule has 9 heteroatoms. The number of nitrogens with one attached hydrogen (secondary N) is 2. The van der Waals surface area contributed by atoms with E-state index in [1.165, 1.54) is 12.8 Å². The van der Waals surface area contributed by atoms with Gasteiger partial charge in [-0.05, 0) is 55.9 Å². The number of rotatable bonds is 8. The Morgan fingerprint density at radius 1 is 1.26 bits per heavy atom. The van der Waals surface area contributed by atoms with Crippen LogP contribution in [-0.4, -0.2) is 48.2 Å². The van der Waals surface area contributed by atoms with E-state index in [4.69, 9.17) is 21.3 Å². The standard InChI is InChI=1S/C22H29ClN6O.HI/c1-2-24-22(27-13-17-7-10-25-20(12-17)30-15-16-5-6-16)28-18-8-11-29(14-18)21-19(23)4-3-9-26-21;/h3-4,7,9-10,12,16,18H,2,5-6,8,11,13-15H2,1H3,(H2,24,27,28);1H. The van der Waals surface area contributed by atoms with Gasteiger partial charge in [-0.25, -0.2) is 15.0 Å². The van der Waals surface area contributed by atoms with E-state index in [2.05, 4.69) is 32.4 Å². The summed E-state index contributed by atoms with van der Waals surface area (Å²) in [5, 5.41) is 7.58. The molecule has 4 rings (SSSR count). The molecular formula is C22H30ClIN6O. The fraction of sp³-hybridized carbons (Fsp3) is 0.500. The molecule has 1 saturated heterocycles. The molecule has 2 aliphatic rings. The third-order valence-electron chi connectivity index (χ3n) is 5.29. The average molecular weight is 557 g/mol. The van der Waals surface area contributed by atoms with Crippen molar-refractivity contribution in [3.8, 4) is 5.88 Å². The normalized spacial score (nSPS) is 18.5. The summed E-state index contributed by atoms with van der Waals surface area (Å²) in [7, 11) is 0. The van der Waals surface area contributed by atoms with Crippen LogP contribution in [0.15, 0.2) is 41.7 Å². The van der Waals surface area contributed by atoms with E-state index in [0.717, 1.165) is 50.0 Å². The lowest BCUT2D eigenvalue weighted by Gasteiger charge is -2.20. The molecular weight excluding hydrogens is 527 g/mol. The highest BCUT2D eigenvalue weighted by Crippen LogP contribution is 2.29. The minimum absolute atomic E-state index is 0. The summed E-state index contributed by atoms with van der Waals surface area (Å²) in [6, 6.07) is 7.99. The molecule has 1 aliphatic carbocycles. The second-order valence-electron chi connectivity index (χ2n) is 7.84. The molecule has 168 valence electrons. The first-order valence-electron chi connectivity index (χ1n) is 10.7. The third kappa shape index (κ3) is 7.10. The zero-order valence-electron chi connectivity index (χ0n) is 17.8. The number of nitrogens with zero attached hydrogens (tertiary/aromatic N) is 4. The van der Waals surface area contributed by atoms with Gasteiger partial charge in [0.2, 0.25) is 5.88 Å². The fourth-order valence-corrected chi connectivity index (χ4v) is 3.72. The quantitative estimate of drug-likeness (QED) is 0.292. The van der Waals surface area contributed by atoms with Crippen LogP contribution in [0.1, 0.15) is 31.7 Å². The molecule has 2 aromatic heterocycles. The summed E-state index contributed by atoms with van der Waals surface area (Å²) in [6.45, 7) is 5.97. The summed E-state index contributed by atoms with van der Waals surface area (Å²) in [4.78, 5) is 15.7. The zero-order chi connectivity index (χ0) is 20.8. The Morgan fingerprint density at radius 3 is 2.90 bits per heavy atom. The van der Waals surface area contributed by atoms with Crippen LogP contribution in [0.4, 0.5) is 5.82 Å². The Hall–Kier alpha value is -1.81. The van der Waals surface area contributed by atoms with E-state index in [1.54, 1.807) is 12.4 Å². The van der Waals surface area contributed by atoms with Gasteiger partial charge >= 0.3 is 0 Å². The highest BCUT2D eigenvalue weighted by atomic mass is 127. The van der Waals surface area contributed by atoms with E-state index in [-0.39, 0.29) is 30.0 Å². The number of pyridine rings is 2. The molecule has 7 nitrogen and oxygen atoms in total. The maximum absolute atomic E-state index is 6.30. The fourth-order valence-electron chi connectivity index (χ4n) is 3.48. The molecule has 0 spiro atoms. The molecule has 0 radical (unpaired) electrons. The summed E-state index contributed by atoms with van der Waals surface area (Å²) >= 11 is 6.30. The van der Waals surface area contributed by atoms with Crippen LogP contribution >= 0.6 is 35.6 Å². The number of anilines is 1. The SMILES string of the molecule is CCNC(=NCc1ccnc(OCC2CC2)c1)NC1CCN(c2ncccc2Cl)C1.I. The van der Waals surface area contributed by atoms with Gasteiger partial charge in [-0.2, -0.15) is 0 Å². The van der Waals surface area contributed by atoms with Crippen LogP contribution in [-0.2, 0) is 6.54 Å². The van der Waals surface area contributed by atoms with Crippen LogP contribution in [0.3, 0.4) is 0 Å². The molecule has 0 aromatic carbocycles. The number of aliphatic imine (C=N–C) groups is 1. The highest BCUT2D eigenvalue weighted by molar-refractivity contribution is 14.0. The third-order valence-corrected chi connectivity index (χ3v) is 5.59. The van der Waals surface area contributed by atoms with Crippen LogP contribution in [0.5, 0.6) is 5.88 Å². The van der Waals surface area contributed by atoms with Crippen molar-refractivity contribution >= 4 is 47.4 Å². The van der Waals surface area contributed by atoms with Crippen LogP contribution in [0, 0.1) is 5.92 Å². The maximum atomic E-state index is 6.30. The van der Waals surface area contributed by atoms with Crippen LogP contribution in [0.25, 0.3) is 0 Å². The van der Waals surface area contributed by atoms with Gasteiger partial charge in [0.15, 0.2) is 5.96 Å². The Kier molecular flexibility index (Phi) is 9.01. The molecule has 31 heavy (non-hydrogen) atoms. The van der Waals surface area contributed by atoms with Gasteiger partial charge < -0.3 is 20.3 Å². The highest BCUT2D eigenvalue weighted by Gasteiger charge is 2.25. The van der Waals surface area contributed by atoms with Crippen molar-refractivity contribution < 1.29 is 4.74 Å². The van der Waals surface area contributed by atoms with Crippen molar-refractivity contribution in [3.63, 3.8) is 0 Å². The Labute approximate surface area is 206 Å². The molecule has 2 fully saturated rings. The molecule has 0 amide bonds. The lowest BCUT2D eigenvalue weighted by atomic mass is 10.2. The van der Waals surface area contributed by atoms with Crippen molar-refractivity contribution in [1.29, 1.82) is 0 Å². The molecule has 2 N–H and O–H groups in total. The number of aromatic nitrogens is 2. The molecule has 1 unspecified atom stereocenters. The van der Waals surface area contributed by atoms with Crippen LogP contribution in [0.2, 0.25) is 5.02 Å². The Balaban J connectivity index is 0.00000272. The number of guanidine groups is 1. The minimum Gasteiger partial charge on any atom is -0.477 e. The molecule has 2 aromatic rings. The smallest absolute Gasteiger partial charge is 0.213 e. The Morgan fingerprint density at radius 2 is 2.13 bits per heavy atom. The molecule has 1 atom stereocenters. The average Bonchev–Trinajstić information content (AvgIpc) is 3.48. The van der Waals surface area contributed by atoms with E-state index in [0.29, 0.717) is 23.4 Å². The van der Waals surface area contributed by atoms with E-state index < -0.39 is 0 Å². The summed E-state index contributed by atoms with van der Waals surface area (Å²) in [6.07, 6.45) is 7.12. The zero-order valence-corrected chi connectivity index (χ0v) is 20.8. The van der Waals surface area contributed by atoms with Gasteiger partial charge in [0.25, 0.3) is 0 Å². The van der Waals surface area contributed by atoms with Crippen molar-refractivity contribution in [2.24, 2.45) is 10.9 Å². The molecule has 0 bridgehead atoms. The van der Waals surface area contributed by atoms with Gasteiger partial charge in [0.05, 0.1) is 18.2 Å². The molecule has 1 aliphatic heterocycles. The molecule has 3 heterocycles. The van der Waals surface area contributed by atoms with Crippen LogP contribution < -0.4 is 20.3 Å². The lowest BCUT2D eigenvalue weighted by molar-refractivity contribution is 0.288. The van der Waals surface area contributed by atoms with Gasteiger partial charge in [-0.3, -0.25) is 0 Å². The predicted octanol–water partition coefficient (Wildman–Crippen LogP) is 3.87. The largest absolute Gasteiger partial charge is 0.477 e. The van der Waals surface area contributed by atoms with E-state index in [9.17, 15) is 0 Å². The predicted molar refractivity (Wildman–Crippen MR) is 136 cm³/mol. The second kappa shape index (κ2) is 11.7. The van der Waals surface area contributed by atoms with E-state index in [1.807, 2.05) is 24.3 Å². The maximum Gasteiger partial charge on any atom is 0.213 e. The number of halogens is 2. The topological polar surface area (TPSA) is 74.7 Å². The molecule has 1 saturated carbocycles. The van der Waals surface area contributed by atoms with Crippen molar-refractivity contribution in [3.05, 3.63) is 47.2 Å². The first kappa shape index (κ1) is 23.8. The second-order valence-corrected chi connectivity index (χ2v) is 8.24. The monoisotopic (exact) mass is 556 g/mol. The van der Waals surface area contributed by atoms with Gasteiger partial charge in [0, 0.05) is 44.1 Å². The van der Waals surface area contributed by atoms with Crippen molar-refractivity contribution in [2.45, 2.75) is 38.8 Å². The first-order chi connectivity index (χ1) is 14.7. The van der Waals surface area contributed by atoms with Gasteiger partial charge in [-0.1, -0.05) is 11.6 Å². The Bertz CT molecular complexity index is 879. The van der Waals surface area contributed by atoms with Crippen molar-refractivity contribution in [1.82, 2.24) is 20.6 Å². The lowest BCUT2D eigenvalue weighted by Crippen LogP contribution is -2.44. The number of ether oxygens (including phenoxy) is 1.